The quantitative estimate of drug-likeness (QED) is 0.942. The summed E-state index contributed by atoms with van der Waals surface area (Å²) >= 11 is 0. The molecule has 0 spiro atoms. The fraction of sp³-hybridized carbons (Fsp3) is 0.222. The molecule has 5 heteroatoms. The van der Waals surface area contributed by atoms with Crippen molar-refractivity contribution in [2.75, 3.05) is 6.54 Å². The van der Waals surface area contributed by atoms with Crippen LogP contribution in [0.3, 0.4) is 0 Å². The van der Waals surface area contributed by atoms with Gasteiger partial charge in [0.1, 0.15) is 11.9 Å². The van der Waals surface area contributed by atoms with Gasteiger partial charge >= 0.3 is 0 Å². The highest BCUT2D eigenvalue weighted by Crippen LogP contribution is 2.30. The molecule has 0 saturated carbocycles. The topological polar surface area (TPSA) is 63.4 Å². The molecule has 0 aliphatic carbocycles. The maximum absolute atomic E-state index is 13.0. The van der Waals surface area contributed by atoms with E-state index >= 15 is 0 Å². The Balaban J connectivity index is 1.85. The Morgan fingerprint density at radius 3 is 2.52 bits per heavy atom. The van der Waals surface area contributed by atoms with E-state index in [1.165, 1.54) is 17.0 Å². The lowest BCUT2D eigenvalue weighted by Gasteiger charge is -2.35. The zero-order valence-electron chi connectivity index (χ0n) is 12.5. The summed E-state index contributed by atoms with van der Waals surface area (Å²) in [6.45, 7) is 0.449. The second-order valence-corrected chi connectivity index (χ2v) is 5.64. The van der Waals surface area contributed by atoms with Gasteiger partial charge in [-0.05, 0) is 35.2 Å². The van der Waals surface area contributed by atoms with E-state index in [-0.39, 0.29) is 18.1 Å². The molecule has 1 aliphatic rings. The molecule has 1 heterocycles. The summed E-state index contributed by atoms with van der Waals surface area (Å²) in [4.78, 5) is 26.0. The Morgan fingerprint density at radius 2 is 1.83 bits per heavy atom. The summed E-state index contributed by atoms with van der Waals surface area (Å²) in [6.07, 6.45) is 0.807. The SMILES string of the molecule is NC(=O)C1c2ccccc2CCN1C(=O)Cc1ccc(F)cc1. The minimum atomic E-state index is -0.743. The molecule has 0 fully saturated rings. The summed E-state index contributed by atoms with van der Waals surface area (Å²) < 4.78 is 13.0. The van der Waals surface area contributed by atoms with Gasteiger partial charge in [0.25, 0.3) is 0 Å². The van der Waals surface area contributed by atoms with Crippen molar-refractivity contribution in [1.29, 1.82) is 0 Å². The Bertz CT molecular complexity index is 743. The molecule has 23 heavy (non-hydrogen) atoms. The zero-order valence-corrected chi connectivity index (χ0v) is 12.5. The average molecular weight is 312 g/mol. The Hall–Kier alpha value is -2.69. The van der Waals surface area contributed by atoms with Crippen molar-refractivity contribution in [1.82, 2.24) is 4.90 Å². The summed E-state index contributed by atoms with van der Waals surface area (Å²) in [5, 5.41) is 0. The predicted molar refractivity (Wildman–Crippen MR) is 83.9 cm³/mol. The smallest absolute Gasteiger partial charge is 0.244 e. The van der Waals surface area contributed by atoms with Crippen molar-refractivity contribution in [2.24, 2.45) is 5.73 Å². The minimum absolute atomic E-state index is 0.117. The van der Waals surface area contributed by atoms with Crippen LogP contribution in [0.15, 0.2) is 48.5 Å². The van der Waals surface area contributed by atoms with Gasteiger partial charge in [0.15, 0.2) is 0 Å². The molecule has 2 amide bonds. The number of amides is 2. The van der Waals surface area contributed by atoms with Crippen LogP contribution in [-0.4, -0.2) is 23.3 Å². The molecule has 0 saturated heterocycles. The van der Waals surface area contributed by atoms with Crippen LogP contribution < -0.4 is 5.73 Å². The van der Waals surface area contributed by atoms with Crippen LogP contribution in [0.2, 0.25) is 0 Å². The molecule has 0 bridgehead atoms. The number of rotatable bonds is 3. The standard InChI is InChI=1S/C18H17FN2O2/c19-14-7-5-12(6-8-14)11-16(22)21-10-9-13-3-1-2-4-15(13)17(21)18(20)23/h1-8,17H,9-11H2,(H2,20,23). The lowest BCUT2D eigenvalue weighted by molar-refractivity contribution is -0.139. The van der Waals surface area contributed by atoms with Gasteiger partial charge in [-0.15, -0.1) is 0 Å². The molecule has 118 valence electrons. The van der Waals surface area contributed by atoms with E-state index in [1.54, 1.807) is 12.1 Å². The summed E-state index contributed by atoms with van der Waals surface area (Å²) in [6, 6.07) is 12.6. The number of carbonyl (C=O) groups is 2. The van der Waals surface area contributed by atoms with Crippen LogP contribution in [0.5, 0.6) is 0 Å². The molecule has 0 radical (unpaired) electrons. The molecule has 1 unspecified atom stereocenters. The minimum Gasteiger partial charge on any atom is -0.368 e. The Kier molecular flexibility index (Phi) is 4.10. The second-order valence-electron chi connectivity index (χ2n) is 5.64. The van der Waals surface area contributed by atoms with Gasteiger partial charge < -0.3 is 10.6 Å². The fourth-order valence-electron chi connectivity index (χ4n) is 3.02. The first kappa shape index (κ1) is 15.2. The average Bonchev–Trinajstić information content (AvgIpc) is 2.55. The zero-order chi connectivity index (χ0) is 16.4. The van der Waals surface area contributed by atoms with Crippen molar-refractivity contribution in [3.63, 3.8) is 0 Å². The molecule has 0 aromatic heterocycles. The first-order valence-electron chi connectivity index (χ1n) is 7.47. The maximum Gasteiger partial charge on any atom is 0.244 e. The lowest BCUT2D eigenvalue weighted by atomic mass is 9.91. The van der Waals surface area contributed by atoms with Crippen LogP contribution in [0.4, 0.5) is 4.39 Å². The van der Waals surface area contributed by atoms with E-state index < -0.39 is 11.9 Å². The number of hydrogen-bond donors (Lipinski definition) is 1. The molecule has 2 aromatic carbocycles. The number of hydrogen-bond acceptors (Lipinski definition) is 2. The van der Waals surface area contributed by atoms with Crippen LogP contribution >= 0.6 is 0 Å². The predicted octanol–water partition coefficient (Wildman–Crippen LogP) is 1.98. The third-order valence-electron chi connectivity index (χ3n) is 4.14. The van der Waals surface area contributed by atoms with Crippen LogP contribution in [0, 0.1) is 5.82 Å². The molecule has 1 atom stereocenters. The number of fused-ring (bicyclic) bond motifs is 1. The van der Waals surface area contributed by atoms with Gasteiger partial charge in [0, 0.05) is 6.54 Å². The van der Waals surface area contributed by atoms with E-state index in [4.69, 9.17) is 5.73 Å². The van der Waals surface area contributed by atoms with Gasteiger partial charge in [-0.3, -0.25) is 9.59 Å². The van der Waals surface area contributed by atoms with E-state index in [9.17, 15) is 14.0 Å². The van der Waals surface area contributed by atoms with Crippen molar-refractivity contribution >= 4 is 11.8 Å². The van der Waals surface area contributed by atoms with E-state index in [1.807, 2.05) is 24.3 Å². The summed E-state index contributed by atoms with van der Waals surface area (Å²) in [7, 11) is 0. The monoisotopic (exact) mass is 312 g/mol. The number of halogens is 1. The number of nitrogens with zero attached hydrogens (tertiary/aromatic N) is 1. The maximum atomic E-state index is 13.0. The molecule has 2 aromatic rings. The number of nitrogens with two attached hydrogens (primary N) is 1. The first-order valence-corrected chi connectivity index (χ1v) is 7.47. The molecule has 1 aliphatic heterocycles. The van der Waals surface area contributed by atoms with Crippen molar-refractivity contribution in [3.05, 3.63) is 71.0 Å². The second kappa shape index (κ2) is 6.20. The summed E-state index contributed by atoms with van der Waals surface area (Å²) in [5.74, 6) is -1.07. The number of benzene rings is 2. The molecule has 3 rings (SSSR count). The van der Waals surface area contributed by atoms with Crippen molar-refractivity contribution in [3.8, 4) is 0 Å². The lowest BCUT2D eigenvalue weighted by Crippen LogP contribution is -2.46. The first-order chi connectivity index (χ1) is 11.1. The van der Waals surface area contributed by atoms with E-state index in [0.717, 1.165) is 11.1 Å². The van der Waals surface area contributed by atoms with Crippen LogP contribution in [0.1, 0.15) is 22.7 Å². The van der Waals surface area contributed by atoms with Gasteiger partial charge in [-0.1, -0.05) is 36.4 Å². The highest BCUT2D eigenvalue weighted by atomic mass is 19.1. The van der Waals surface area contributed by atoms with Gasteiger partial charge in [-0.2, -0.15) is 0 Å². The molecular formula is C18H17FN2O2. The van der Waals surface area contributed by atoms with Crippen molar-refractivity contribution < 1.29 is 14.0 Å². The van der Waals surface area contributed by atoms with E-state index in [0.29, 0.717) is 18.5 Å². The number of primary amides is 1. The fourth-order valence-corrected chi connectivity index (χ4v) is 3.02. The normalized spacial score (nSPS) is 16.7. The molecule has 2 N–H and O–H groups in total. The Labute approximate surface area is 133 Å². The Morgan fingerprint density at radius 1 is 1.13 bits per heavy atom. The highest BCUT2D eigenvalue weighted by Gasteiger charge is 2.34. The van der Waals surface area contributed by atoms with Crippen molar-refractivity contribution in [2.45, 2.75) is 18.9 Å². The third-order valence-corrected chi connectivity index (χ3v) is 4.14. The molecule has 4 nitrogen and oxygen atoms in total. The van der Waals surface area contributed by atoms with Gasteiger partial charge in [-0.25, -0.2) is 4.39 Å². The highest BCUT2D eigenvalue weighted by molar-refractivity contribution is 5.89. The number of carbonyl (C=O) groups excluding carboxylic acids is 2. The summed E-state index contributed by atoms with van der Waals surface area (Å²) in [5.41, 5.74) is 8.08. The van der Waals surface area contributed by atoms with Crippen LogP contribution in [0.25, 0.3) is 0 Å². The van der Waals surface area contributed by atoms with Crippen LogP contribution in [-0.2, 0) is 22.4 Å². The molecular weight excluding hydrogens is 295 g/mol. The largest absolute Gasteiger partial charge is 0.368 e. The third kappa shape index (κ3) is 3.08. The van der Waals surface area contributed by atoms with Gasteiger partial charge in [0.2, 0.25) is 11.8 Å². The van der Waals surface area contributed by atoms with Gasteiger partial charge in [0.05, 0.1) is 6.42 Å². The van der Waals surface area contributed by atoms with E-state index in [2.05, 4.69) is 0 Å².